The van der Waals surface area contributed by atoms with Crippen molar-refractivity contribution in [2.45, 2.75) is 6.61 Å². The molecule has 0 saturated carbocycles. The lowest BCUT2D eigenvalue weighted by Crippen LogP contribution is -2.17. The molecule has 160 valence electrons. The van der Waals surface area contributed by atoms with Gasteiger partial charge in [0.25, 0.3) is 5.91 Å². The number of amides is 1. The van der Waals surface area contributed by atoms with E-state index < -0.39 is 0 Å². The van der Waals surface area contributed by atoms with Crippen LogP contribution in [-0.4, -0.2) is 26.2 Å². The van der Waals surface area contributed by atoms with Crippen LogP contribution in [0.3, 0.4) is 0 Å². The van der Waals surface area contributed by atoms with Gasteiger partial charge >= 0.3 is 0 Å². The van der Waals surface area contributed by atoms with Crippen LogP contribution in [0, 0.1) is 0 Å². The van der Waals surface area contributed by atoms with Crippen LogP contribution in [0.15, 0.2) is 54.6 Å². The monoisotopic (exact) mass is 459 g/mol. The third kappa shape index (κ3) is 4.98. The quantitative estimate of drug-likeness (QED) is 0.519. The Balaban J connectivity index is 1.48. The summed E-state index contributed by atoms with van der Waals surface area (Å²) in [6.07, 6.45) is 0. The highest BCUT2D eigenvalue weighted by Crippen LogP contribution is 2.38. The van der Waals surface area contributed by atoms with Gasteiger partial charge in [-0.05, 0) is 35.9 Å². The van der Waals surface area contributed by atoms with Gasteiger partial charge in [-0.2, -0.15) is 0 Å². The highest BCUT2D eigenvalue weighted by atomic mass is 35.5. The van der Waals surface area contributed by atoms with Crippen LogP contribution in [0.4, 0.5) is 5.69 Å². The first-order valence-corrected chi connectivity index (χ1v) is 10.2. The molecule has 1 N–H and O–H groups in total. The van der Waals surface area contributed by atoms with Gasteiger partial charge < -0.3 is 24.3 Å². The van der Waals surface area contributed by atoms with E-state index in [9.17, 15) is 4.79 Å². The largest absolute Gasteiger partial charge is 0.493 e. The van der Waals surface area contributed by atoms with E-state index in [4.69, 9.17) is 42.1 Å². The van der Waals surface area contributed by atoms with Gasteiger partial charge in [0, 0.05) is 22.7 Å². The summed E-state index contributed by atoms with van der Waals surface area (Å²) in [7, 11) is 1.52. The second-order valence-corrected chi connectivity index (χ2v) is 7.55. The maximum absolute atomic E-state index is 12.8. The zero-order valence-electron chi connectivity index (χ0n) is 16.6. The average molecular weight is 460 g/mol. The number of fused-ring (bicyclic) bond motifs is 1. The Morgan fingerprint density at radius 3 is 2.39 bits per heavy atom. The van der Waals surface area contributed by atoms with E-state index in [-0.39, 0.29) is 5.91 Å². The number of rotatable bonds is 6. The molecule has 31 heavy (non-hydrogen) atoms. The zero-order valence-corrected chi connectivity index (χ0v) is 18.1. The van der Waals surface area contributed by atoms with E-state index in [1.165, 1.54) is 7.11 Å². The maximum Gasteiger partial charge on any atom is 0.255 e. The maximum atomic E-state index is 12.8. The number of carbonyl (C=O) groups is 1. The molecular weight excluding hydrogens is 441 g/mol. The third-order valence-electron chi connectivity index (χ3n) is 4.61. The molecule has 0 unspecified atom stereocenters. The topological polar surface area (TPSA) is 66.0 Å². The van der Waals surface area contributed by atoms with E-state index in [1.54, 1.807) is 42.5 Å². The Bertz CT molecular complexity index is 1100. The fourth-order valence-electron chi connectivity index (χ4n) is 3.02. The minimum atomic E-state index is -0.346. The van der Waals surface area contributed by atoms with Crippen LogP contribution in [0.5, 0.6) is 23.0 Å². The zero-order chi connectivity index (χ0) is 21.8. The number of methoxy groups -OCH3 is 1. The van der Waals surface area contributed by atoms with E-state index in [0.29, 0.717) is 64.1 Å². The van der Waals surface area contributed by atoms with Crippen molar-refractivity contribution in [2.75, 3.05) is 25.6 Å². The molecule has 1 amide bonds. The molecule has 3 aromatic rings. The van der Waals surface area contributed by atoms with Gasteiger partial charge in [0.05, 0.1) is 17.8 Å². The predicted octanol–water partition coefficient (Wildman–Crippen LogP) is 5.60. The lowest BCUT2D eigenvalue weighted by atomic mass is 10.1. The van der Waals surface area contributed by atoms with Crippen molar-refractivity contribution >= 4 is 34.8 Å². The van der Waals surface area contributed by atoms with Gasteiger partial charge in [-0.3, -0.25) is 4.79 Å². The fraction of sp³-hybridized carbons (Fsp3) is 0.174. The first-order chi connectivity index (χ1) is 15.0. The van der Waals surface area contributed by atoms with Gasteiger partial charge in [0.15, 0.2) is 23.0 Å². The van der Waals surface area contributed by atoms with Gasteiger partial charge in [-0.1, -0.05) is 35.3 Å². The summed E-state index contributed by atoms with van der Waals surface area (Å²) in [4.78, 5) is 12.8. The normalized spacial score (nSPS) is 12.2. The lowest BCUT2D eigenvalue weighted by molar-refractivity contribution is 0.102. The summed E-state index contributed by atoms with van der Waals surface area (Å²) in [5, 5.41) is 3.81. The van der Waals surface area contributed by atoms with Crippen LogP contribution in [0.25, 0.3) is 0 Å². The van der Waals surface area contributed by atoms with Gasteiger partial charge in [0.2, 0.25) is 0 Å². The van der Waals surface area contributed by atoms with Crippen molar-refractivity contribution in [3.8, 4) is 23.0 Å². The summed E-state index contributed by atoms with van der Waals surface area (Å²) >= 11 is 12.2. The number of halogens is 2. The molecule has 0 atom stereocenters. The van der Waals surface area contributed by atoms with Crippen molar-refractivity contribution in [1.29, 1.82) is 0 Å². The summed E-state index contributed by atoms with van der Waals surface area (Å²) in [5.74, 6) is 1.70. The lowest BCUT2D eigenvalue weighted by Gasteiger charge is -2.20. The Kier molecular flexibility index (Phi) is 6.39. The summed E-state index contributed by atoms with van der Waals surface area (Å²) in [6.45, 7) is 1.24. The second-order valence-electron chi connectivity index (χ2n) is 6.71. The van der Waals surface area contributed by atoms with Crippen molar-refractivity contribution in [3.05, 3.63) is 75.8 Å². The van der Waals surface area contributed by atoms with Crippen molar-refractivity contribution in [3.63, 3.8) is 0 Å². The van der Waals surface area contributed by atoms with Crippen molar-refractivity contribution < 1.29 is 23.7 Å². The minimum Gasteiger partial charge on any atom is -0.493 e. The SMILES string of the molecule is COc1cc(C(=O)Nc2cc3c(cc2Cl)OCCO3)ccc1OCc1ccc(Cl)cc1. The molecule has 0 fully saturated rings. The molecule has 0 spiro atoms. The average Bonchev–Trinajstić information content (AvgIpc) is 2.79. The molecule has 0 aliphatic carbocycles. The molecular formula is C23H19Cl2NO5. The first-order valence-electron chi connectivity index (χ1n) is 9.49. The Labute approximate surface area is 189 Å². The molecule has 0 bridgehead atoms. The van der Waals surface area contributed by atoms with Crippen LogP contribution in [-0.2, 0) is 6.61 Å². The number of hydrogen-bond acceptors (Lipinski definition) is 5. The molecule has 0 aromatic heterocycles. The predicted molar refractivity (Wildman–Crippen MR) is 119 cm³/mol. The van der Waals surface area contributed by atoms with Crippen LogP contribution in [0.1, 0.15) is 15.9 Å². The van der Waals surface area contributed by atoms with E-state index >= 15 is 0 Å². The van der Waals surface area contributed by atoms with Crippen LogP contribution in [0.2, 0.25) is 10.0 Å². The number of nitrogens with one attached hydrogen (secondary N) is 1. The highest BCUT2D eigenvalue weighted by Gasteiger charge is 2.18. The summed E-state index contributed by atoms with van der Waals surface area (Å²) in [6, 6.07) is 15.6. The van der Waals surface area contributed by atoms with Crippen LogP contribution >= 0.6 is 23.2 Å². The van der Waals surface area contributed by atoms with E-state index in [1.807, 2.05) is 12.1 Å². The highest BCUT2D eigenvalue weighted by molar-refractivity contribution is 6.34. The Morgan fingerprint density at radius 2 is 1.68 bits per heavy atom. The summed E-state index contributed by atoms with van der Waals surface area (Å²) in [5.41, 5.74) is 1.78. The smallest absolute Gasteiger partial charge is 0.255 e. The Hall–Kier alpha value is -3.09. The van der Waals surface area contributed by atoms with Crippen molar-refractivity contribution in [1.82, 2.24) is 0 Å². The minimum absolute atomic E-state index is 0.339. The van der Waals surface area contributed by atoms with E-state index in [2.05, 4.69) is 5.32 Å². The number of ether oxygens (including phenoxy) is 4. The number of carbonyl (C=O) groups excluding carboxylic acids is 1. The molecule has 3 aromatic carbocycles. The molecule has 1 heterocycles. The molecule has 6 nitrogen and oxygen atoms in total. The number of hydrogen-bond donors (Lipinski definition) is 1. The van der Waals surface area contributed by atoms with E-state index in [0.717, 1.165) is 5.56 Å². The molecule has 1 aliphatic heterocycles. The molecule has 0 saturated heterocycles. The van der Waals surface area contributed by atoms with Crippen molar-refractivity contribution in [2.24, 2.45) is 0 Å². The molecule has 0 radical (unpaired) electrons. The number of anilines is 1. The standard InChI is InChI=1S/C23H19Cl2NO5/c1-28-20-10-15(4-7-19(20)31-13-14-2-5-16(24)6-3-14)23(27)26-18-12-22-21(11-17(18)25)29-8-9-30-22/h2-7,10-12H,8-9,13H2,1H3,(H,26,27). The van der Waals surface area contributed by atoms with Gasteiger partial charge in [0.1, 0.15) is 19.8 Å². The first kappa shape index (κ1) is 21.2. The molecule has 8 heteroatoms. The summed E-state index contributed by atoms with van der Waals surface area (Å²) < 4.78 is 22.3. The van der Waals surface area contributed by atoms with Gasteiger partial charge in [-0.15, -0.1) is 0 Å². The number of benzene rings is 3. The second kappa shape index (κ2) is 9.37. The van der Waals surface area contributed by atoms with Gasteiger partial charge in [-0.25, -0.2) is 0 Å². The van der Waals surface area contributed by atoms with Crippen LogP contribution < -0.4 is 24.3 Å². The fourth-order valence-corrected chi connectivity index (χ4v) is 3.35. The Morgan fingerprint density at radius 1 is 0.968 bits per heavy atom. The molecule has 1 aliphatic rings. The molecule has 4 rings (SSSR count). The third-order valence-corrected chi connectivity index (χ3v) is 5.18.